The number of benzene rings is 3. The Hall–Kier alpha value is -4.00. The summed E-state index contributed by atoms with van der Waals surface area (Å²) < 4.78 is 56.3. The minimum absolute atomic E-state index is 0.422. The Morgan fingerprint density at radius 3 is 1.49 bits per heavy atom. The van der Waals surface area contributed by atoms with E-state index in [1.54, 1.807) is 24.3 Å². The number of carbonyl (C=O) groups is 2. The molecule has 1 aliphatic heterocycles. The second-order valence-electron chi connectivity index (χ2n) is 8.91. The van der Waals surface area contributed by atoms with Crippen LogP contribution in [0.3, 0.4) is 0 Å². The molecule has 2 aliphatic carbocycles. The van der Waals surface area contributed by atoms with Gasteiger partial charge in [-0.3, -0.25) is 9.59 Å². The van der Waals surface area contributed by atoms with Crippen LogP contribution in [0.2, 0.25) is 0 Å². The first-order valence-corrected chi connectivity index (χ1v) is 11.1. The molecule has 3 nitrogen and oxygen atoms in total. The van der Waals surface area contributed by atoms with Gasteiger partial charge >= 0.3 is 0 Å². The number of imide groups is 1. The van der Waals surface area contributed by atoms with Gasteiger partial charge in [-0.15, -0.1) is 0 Å². The van der Waals surface area contributed by atoms with Crippen LogP contribution in [-0.2, 0) is 9.59 Å². The molecule has 4 atom stereocenters. The van der Waals surface area contributed by atoms with Crippen LogP contribution < -0.4 is 4.90 Å². The summed E-state index contributed by atoms with van der Waals surface area (Å²) in [5, 5.41) is 0. The molecule has 3 aromatic rings. The Labute approximate surface area is 198 Å². The van der Waals surface area contributed by atoms with Crippen molar-refractivity contribution in [1.82, 2.24) is 0 Å². The fourth-order valence-corrected chi connectivity index (χ4v) is 5.75. The lowest BCUT2D eigenvalue weighted by Gasteiger charge is -2.22. The van der Waals surface area contributed by atoms with E-state index in [4.69, 9.17) is 0 Å². The van der Waals surface area contributed by atoms with Crippen molar-refractivity contribution in [2.75, 3.05) is 4.90 Å². The number of nitrogens with zero attached hydrogens (tertiary/aromatic N) is 1. The summed E-state index contributed by atoms with van der Waals surface area (Å²) in [7, 11) is 0. The summed E-state index contributed by atoms with van der Waals surface area (Å²) in [6, 6.07) is 14.8. The second-order valence-corrected chi connectivity index (χ2v) is 8.91. The summed E-state index contributed by atoms with van der Waals surface area (Å²) in [5.41, 5.74) is 2.13. The average Bonchev–Trinajstić information content (AvgIpc) is 3.47. The van der Waals surface area contributed by atoms with Gasteiger partial charge in [0, 0.05) is 11.8 Å². The van der Waals surface area contributed by atoms with E-state index in [1.165, 1.54) is 30.3 Å². The zero-order valence-corrected chi connectivity index (χ0v) is 18.1. The third-order valence-electron chi connectivity index (χ3n) is 7.13. The van der Waals surface area contributed by atoms with Gasteiger partial charge in [-0.05, 0) is 58.7 Å². The van der Waals surface area contributed by atoms with E-state index in [0.717, 1.165) is 17.7 Å². The number of allylic oxidation sites excluding steroid dienone is 3. The van der Waals surface area contributed by atoms with E-state index in [-0.39, 0.29) is 0 Å². The summed E-state index contributed by atoms with van der Waals surface area (Å²) in [4.78, 5) is 27.5. The molecule has 3 aromatic carbocycles. The van der Waals surface area contributed by atoms with Gasteiger partial charge in [0.15, 0.2) is 0 Å². The zero-order chi connectivity index (χ0) is 24.4. The Bertz CT molecular complexity index is 1340. The molecule has 2 amide bonds. The standard InChI is InChI=1S/C28H17F4NO2/c29-16-8-4-14(5-9-16)22(15-6-10-17(30)11-7-15)23-18-12-13-19(23)25-24(18)27(34)33(28(25)35)26-20(31)2-1-3-21(26)32/h1-13,18-19,24-25H/t18-,19-,24+,25+/m0/s1. The Balaban J connectivity index is 1.50. The number of carbonyl (C=O) groups excluding carboxylic acids is 2. The minimum atomic E-state index is -0.985. The molecular formula is C28H17F4NO2. The summed E-state index contributed by atoms with van der Waals surface area (Å²) >= 11 is 0. The molecule has 0 aromatic heterocycles. The highest BCUT2D eigenvalue weighted by Crippen LogP contribution is 2.59. The number of halogens is 4. The smallest absolute Gasteiger partial charge is 0.238 e. The van der Waals surface area contributed by atoms with Gasteiger partial charge < -0.3 is 0 Å². The van der Waals surface area contributed by atoms with Crippen LogP contribution in [0, 0.1) is 46.9 Å². The quantitative estimate of drug-likeness (QED) is 0.278. The number of para-hydroxylation sites is 1. The van der Waals surface area contributed by atoms with Crippen LogP contribution in [-0.4, -0.2) is 11.8 Å². The Kier molecular flexibility index (Phi) is 4.78. The third-order valence-corrected chi connectivity index (χ3v) is 7.13. The number of hydrogen-bond donors (Lipinski definition) is 0. The predicted molar refractivity (Wildman–Crippen MR) is 121 cm³/mol. The molecule has 3 aliphatic rings. The monoisotopic (exact) mass is 475 g/mol. The fourth-order valence-electron chi connectivity index (χ4n) is 5.75. The van der Waals surface area contributed by atoms with E-state index in [0.29, 0.717) is 21.6 Å². The molecule has 0 N–H and O–H groups in total. The third kappa shape index (κ3) is 3.11. The summed E-state index contributed by atoms with van der Waals surface area (Å²) in [6.45, 7) is 0. The summed E-state index contributed by atoms with van der Waals surface area (Å²) in [5.74, 6) is -6.75. The first-order valence-electron chi connectivity index (χ1n) is 11.1. The lowest BCUT2D eigenvalue weighted by Crippen LogP contribution is -2.34. The second kappa shape index (κ2) is 7.77. The number of hydrogen-bond acceptors (Lipinski definition) is 2. The summed E-state index contributed by atoms with van der Waals surface area (Å²) in [6.07, 6.45) is 3.67. The number of anilines is 1. The van der Waals surface area contributed by atoms with Gasteiger partial charge in [0.2, 0.25) is 11.8 Å². The molecule has 1 saturated heterocycles. The lowest BCUT2D eigenvalue weighted by atomic mass is 9.85. The molecule has 0 radical (unpaired) electrons. The molecule has 7 heteroatoms. The maximum absolute atomic E-state index is 14.5. The highest BCUT2D eigenvalue weighted by molar-refractivity contribution is 6.23. The minimum Gasteiger partial charge on any atom is -0.274 e. The van der Waals surface area contributed by atoms with Crippen LogP contribution in [0.15, 0.2) is 84.5 Å². The lowest BCUT2D eigenvalue weighted by molar-refractivity contribution is -0.123. The fraction of sp³-hybridized carbons (Fsp3) is 0.143. The van der Waals surface area contributed by atoms with E-state index in [9.17, 15) is 27.2 Å². The Morgan fingerprint density at radius 2 is 1.06 bits per heavy atom. The van der Waals surface area contributed by atoms with Crippen molar-refractivity contribution in [3.63, 3.8) is 0 Å². The maximum Gasteiger partial charge on any atom is 0.238 e. The topological polar surface area (TPSA) is 37.4 Å². The average molecular weight is 475 g/mol. The normalized spacial score (nSPS) is 24.5. The molecule has 2 bridgehead atoms. The number of amides is 2. The van der Waals surface area contributed by atoms with Crippen molar-refractivity contribution in [3.05, 3.63) is 119 Å². The first-order chi connectivity index (χ1) is 16.9. The molecule has 2 fully saturated rings. The highest BCUT2D eigenvalue weighted by Gasteiger charge is 2.63. The molecule has 0 spiro atoms. The SMILES string of the molecule is O=C1[C@H]2[C@H](C(=O)N1c1c(F)cccc1F)[C@H]1C=C[C@H]2C1=C(c1ccc(F)cc1)c1ccc(F)cc1. The molecule has 1 saturated carbocycles. The van der Waals surface area contributed by atoms with Gasteiger partial charge in [-0.2, -0.15) is 0 Å². The molecule has 35 heavy (non-hydrogen) atoms. The van der Waals surface area contributed by atoms with E-state index in [1.807, 2.05) is 12.2 Å². The van der Waals surface area contributed by atoms with Gasteiger partial charge in [0.1, 0.15) is 29.0 Å². The van der Waals surface area contributed by atoms with Crippen LogP contribution in [0.25, 0.3) is 5.57 Å². The van der Waals surface area contributed by atoms with Crippen LogP contribution in [0.5, 0.6) is 0 Å². The van der Waals surface area contributed by atoms with Gasteiger partial charge in [-0.1, -0.05) is 42.5 Å². The number of fused-ring (bicyclic) bond motifs is 5. The largest absolute Gasteiger partial charge is 0.274 e. The van der Waals surface area contributed by atoms with Crippen molar-refractivity contribution in [1.29, 1.82) is 0 Å². The van der Waals surface area contributed by atoms with Gasteiger partial charge in [0.25, 0.3) is 0 Å². The van der Waals surface area contributed by atoms with Crippen LogP contribution >= 0.6 is 0 Å². The molecule has 1 heterocycles. The van der Waals surface area contributed by atoms with Crippen LogP contribution in [0.1, 0.15) is 11.1 Å². The molecule has 0 unspecified atom stereocenters. The van der Waals surface area contributed by atoms with Crippen molar-refractivity contribution >= 4 is 23.1 Å². The molecule has 6 rings (SSSR count). The molecular weight excluding hydrogens is 458 g/mol. The van der Waals surface area contributed by atoms with Crippen molar-refractivity contribution in [2.45, 2.75) is 0 Å². The number of rotatable bonds is 3. The predicted octanol–water partition coefficient (Wildman–Crippen LogP) is 5.67. The van der Waals surface area contributed by atoms with E-state index >= 15 is 0 Å². The zero-order valence-electron chi connectivity index (χ0n) is 18.1. The van der Waals surface area contributed by atoms with E-state index < -0.39 is 64.4 Å². The van der Waals surface area contributed by atoms with E-state index in [2.05, 4.69) is 0 Å². The van der Waals surface area contributed by atoms with Gasteiger partial charge in [0.05, 0.1) is 11.8 Å². The van der Waals surface area contributed by atoms with Crippen molar-refractivity contribution < 1.29 is 27.2 Å². The highest BCUT2D eigenvalue weighted by atomic mass is 19.1. The van der Waals surface area contributed by atoms with Crippen LogP contribution in [0.4, 0.5) is 23.2 Å². The van der Waals surface area contributed by atoms with Crippen molar-refractivity contribution in [3.8, 4) is 0 Å². The first kappa shape index (κ1) is 21.5. The maximum atomic E-state index is 14.5. The molecule has 174 valence electrons. The van der Waals surface area contributed by atoms with Crippen molar-refractivity contribution in [2.24, 2.45) is 23.7 Å². The Morgan fingerprint density at radius 1 is 0.629 bits per heavy atom. The van der Waals surface area contributed by atoms with Gasteiger partial charge in [-0.25, -0.2) is 22.5 Å².